The lowest BCUT2D eigenvalue weighted by Crippen LogP contribution is -2.51. The number of anilines is 1. The lowest BCUT2D eigenvalue weighted by atomic mass is 9.61. The fourth-order valence-corrected chi connectivity index (χ4v) is 7.29. The number of rotatable bonds is 3. The topological polar surface area (TPSA) is 20.3 Å². The van der Waals surface area contributed by atoms with Crippen molar-refractivity contribution in [2.75, 3.05) is 4.90 Å². The maximum atomic E-state index is 13.2. The van der Waals surface area contributed by atoms with Gasteiger partial charge in [-0.05, 0) is 64.6 Å². The van der Waals surface area contributed by atoms with Crippen molar-refractivity contribution < 1.29 is 4.79 Å². The Kier molecular flexibility index (Phi) is 3.76. The minimum Gasteiger partial charge on any atom is -0.362 e. The van der Waals surface area contributed by atoms with Crippen molar-refractivity contribution >= 4 is 34.1 Å². The average molecular weight is 457 g/mol. The molecule has 1 aliphatic heterocycles. The predicted octanol–water partition coefficient (Wildman–Crippen LogP) is 5.18. The van der Waals surface area contributed by atoms with Gasteiger partial charge in [-0.15, -0.1) is 0 Å². The highest BCUT2D eigenvalue weighted by Crippen LogP contribution is 2.66. The van der Waals surface area contributed by atoms with Crippen LogP contribution >= 0.6 is 22.6 Å². The molecule has 2 saturated carbocycles. The highest BCUT2D eigenvalue weighted by atomic mass is 127. The van der Waals surface area contributed by atoms with E-state index in [0.29, 0.717) is 17.7 Å². The molecule has 134 valence electrons. The Bertz CT molecular complexity index is 877. The Hall–Kier alpha value is -1.36. The molecule has 3 aliphatic rings. The minimum atomic E-state index is -0.0120. The molecule has 2 aromatic rings. The van der Waals surface area contributed by atoms with Gasteiger partial charge in [0.05, 0.1) is 0 Å². The maximum absolute atomic E-state index is 13.2. The normalized spacial score (nSPS) is 31.6. The summed E-state index contributed by atoms with van der Waals surface area (Å²) >= 11 is 2.50. The summed E-state index contributed by atoms with van der Waals surface area (Å²) in [5, 5.41) is 0. The number of carbonyl (C=O) groups is 1. The van der Waals surface area contributed by atoms with Crippen molar-refractivity contribution in [3.8, 4) is 0 Å². The highest BCUT2D eigenvalue weighted by Gasteiger charge is 2.70. The number of hydrogen-bond acceptors (Lipinski definition) is 2. The fraction of sp³-hybridized carbons (Fsp3) is 0.435. The van der Waals surface area contributed by atoms with E-state index < -0.39 is 0 Å². The predicted molar refractivity (Wildman–Crippen MR) is 113 cm³/mol. The van der Waals surface area contributed by atoms with Crippen LogP contribution in [0.4, 0.5) is 5.69 Å². The summed E-state index contributed by atoms with van der Waals surface area (Å²) in [5.74, 6) is 1.40. The second kappa shape index (κ2) is 5.82. The molecular formula is C23H24INO. The van der Waals surface area contributed by atoms with Crippen LogP contribution < -0.4 is 4.90 Å². The van der Waals surface area contributed by atoms with Gasteiger partial charge in [-0.1, -0.05) is 50.2 Å². The number of ketones is 1. The van der Waals surface area contributed by atoms with Crippen molar-refractivity contribution in [3.05, 3.63) is 63.2 Å². The molecule has 0 spiro atoms. The smallest absolute Gasteiger partial charge is 0.142 e. The van der Waals surface area contributed by atoms with E-state index in [1.165, 1.54) is 20.4 Å². The van der Waals surface area contributed by atoms with E-state index in [2.05, 4.69) is 89.9 Å². The van der Waals surface area contributed by atoms with Crippen molar-refractivity contribution in [3.63, 3.8) is 0 Å². The Morgan fingerprint density at radius 1 is 1.12 bits per heavy atom. The van der Waals surface area contributed by atoms with Crippen LogP contribution in [-0.2, 0) is 16.8 Å². The molecule has 2 aromatic carbocycles. The van der Waals surface area contributed by atoms with E-state index in [1.807, 2.05) is 0 Å². The number of fused-ring (bicyclic) bond motifs is 7. The molecule has 0 N–H and O–H groups in total. The van der Waals surface area contributed by atoms with Gasteiger partial charge in [-0.3, -0.25) is 4.79 Å². The number of nitrogens with zero attached hydrogens (tertiary/aromatic N) is 1. The van der Waals surface area contributed by atoms with Crippen molar-refractivity contribution in [2.24, 2.45) is 17.8 Å². The molecule has 1 heterocycles. The molecule has 2 fully saturated rings. The molecule has 3 heteroatoms. The largest absolute Gasteiger partial charge is 0.362 e. The van der Waals surface area contributed by atoms with Crippen LogP contribution in [0.15, 0.2) is 48.5 Å². The first-order valence-corrected chi connectivity index (χ1v) is 10.8. The van der Waals surface area contributed by atoms with Crippen LogP contribution in [0.3, 0.4) is 0 Å². The first-order valence-electron chi connectivity index (χ1n) is 9.70. The molecule has 2 aliphatic carbocycles. The van der Waals surface area contributed by atoms with Crippen molar-refractivity contribution in [1.82, 2.24) is 0 Å². The molecule has 2 bridgehead atoms. The van der Waals surface area contributed by atoms with Gasteiger partial charge in [0.1, 0.15) is 5.78 Å². The molecule has 0 amide bonds. The number of Topliss-reactive ketones (excluding diaryl/α,β-unsaturated/α-hetero) is 1. The van der Waals surface area contributed by atoms with E-state index in [0.717, 1.165) is 19.4 Å². The molecule has 5 rings (SSSR count). The molecular weight excluding hydrogens is 433 g/mol. The molecule has 26 heavy (non-hydrogen) atoms. The van der Waals surface area contributed by atoms with Gasteiger partial charge < -0.3 is 4.90 Å². The lowest BCUT2D eigenvalue weighted by Gasteiger charge is -2.44. The Balaban J connectivity index is 1.73. The zero-order valence-electron chi connectivity index (χ0n) is 15.3. The summed E-state index contributed by atoms with van der Waals surface area (Å²) in [6, 6.07) is 17.7. The van der Waals surface area contributed by atoms with Gasteiger partial charge in [0.25, 0.3) is 0 Å². The van der Waals surface area contributed by atoms with Crippen LogP contribution in [0.5, 0.6) is 0 Å². The number of hydrogen-bond donors (Lipinski definition) is 0. The average Bonchev–Trinajstić information content (AvgIpc) is 3.22. The van der Waals surface area contributed by atoms with Gasteiger partial charge in [0.15, 0.2) is 0 Å². The van der Waals surface area contributed by atoms with Gasteiger partial charge in [-0.2, -0.15) is 0 Å². The molecule has 0 aromatic heterocycles. The van der Waals surface area contributed by atoms with Crippen LogP contribution in [0.25, 0.3) is 0 Å². The van der Waals surface area contributed by atoms with Gasteiger partial charge in [0, 0.05) is 39.1 Å². The van der Waals surface area contributed by atoms with E-state index in [4.69, 9.17) is 0 Å². The van der Waals surface area contributed by atoms with Crippen molar-refractivity contribution in [1.29, 1.82) is 0 Å². The number of halogens is 1. The minimum absolute atomic E-state index is 0.0120. The third-order valence-electron chi connectivity index (χ3n) is 7.14. The van der Waals surface area contributed by atoms with E-state index in [-0.39, 0.29) is 17.3 Å². The number of carbonyl (C=O) groups excluding carboxylic acids is 1. The first kappa shape index (κ1) is 16.8. The summed E-state index contributed by atoms with van der Waals surface area (Å²) in [6.07, 6.45) is 2.14. The van der Waals surface area contributed by atoms with Gasteiger partial charge in [0.2, 0.25) is 0 Å². The van der Waals surface area contributed by atoms with Gasteiger partial charge in [-0.25, -0.2) is 0 Å². The quantitative estimate of drug-likeness (QED) is 0.592. The van der Waals surface area contributed by atoms with Crippen LogP contribution in [-0.4, -0.2) is 11.8 Å². The fourth-order valence-electron chi connectivity index (χ4n) is 6.34. The Morgan fingerprint density at radius 2 is 1.88 bits per heavy atom. The van der Waals surface area contributed by atoms with E-state index >= 15 is 0 Å². The summed E-state index contributed by atoms with van der Waals surface area (Å²) in [5.41, 5.74) is 4.13. The van der Waals surface area contributed by atoms with Crippen LogP contribution in [0.1, 0.15) is 37.8 Å². The van der Waals surface area contributed by atoms with Crippen LogP contribution in [0.2, 0.25) is 0 Å². The Morgan fingerprint density at radius 3 is 2.62 bits per heavy atom. The number of benzene rings is 2. The molecule has 0 radical (unpaired) electrons. The Labute approximate surface area is 169 Å². The zero-order chi connectivity index (χ0) is 18.1. The first-order chi connectivity index (χ1) is 12.6. The summed E-state index contributed by atoms with van der Waals surface area (Å²) < 4.78 is 1.33. The molecule has 2 nitrogen and oxygen atoms in total. The molecule has 4 unspecified atom stereocenters. The maximum Gasteiger partial charge on any atom is 0.142 e. The summed E-state index contributed by atoms with van der Waals surface area (Å²) in [7, 11) is 0. The lowest BCUT2D eigenvalue weighted by molar-refractivity contribution is -0.122. The summed E-state index contributed by atoms with van der Waals surface area (Å²) in [4.78, 5) is 15.8. The molecule has 4 atom stereocenters. The second-order valence-corrected chi connectivity index (χ2v) is 9.58. The van der Waals surface area contributed by atoms with E-state index in [1.54, 1.807) is 0 Å². The van der Waals surface area contributed by atoms with Gasteiger partial charge >= 0.3 is 0 Å². The summed E-state index contributed by atoms with van der Waals surface area (Å²) in [6.45, 7) is 5.56. The second-order valence-electron chi connectivity index (χ2n) is 8.42. The zero-order valence-corrected chi connectivity index (χ0v) is 17.4. The highest BCUT2D eigenvalue weighted by molar-refractivity contribution is 14.1. The van der Waals surface area contributed by atoms with Crippen molar-refractivity contribution in [2.45, 2.75) is 44.7 Å². The SMILES string of the molecule is CC(C)C12c3c(I)cccc3N(Cc3ccccc3)C1C1CCC2C1=O. The van der Waals surface area contributed by atoms with Crippen LogP contribution in [0, 0.1) is 21.3 Å². The molecule has 0 saturated heterocycles. The monoisotopic (exact) mass is 457 g/mol. The standard InChI is InChI=1S/C23H24INO/c1-14(2)23-17-12-11-16(21(17)26)22(23)25(13-15-7-4-3-5-8-15)19-10-6-9-18(24)20(19)23/h3-10,14,16-17,22H,11-13H2,1-2H3. The third-order valence-corrected chi connectivity index (χ3v) is 8.04. The third kappa shape index (κ3) is 1.96. The van der Waals surface area contributed by atoms with E-state index in [9.17, 15) is 4.79 Å².